The van der Waals surface area contributed by atoms with Gasteiger partial charge >= 0.3 is 17.9 Å². The fraction of sp³-hybridized carbons (Fsp3) is 0.737. The van der Waals surface area contributed by atoms with Crippen molar-refractivity contribution in [2.45, 2.75) is 59.3 Å². The molecule has 0 bridgehead atoms. The van der Waals surface area contributed by atoms with Crippen LogP contribution < -0.4 is 0 Å². The van der Waals surface area contributed by atoms with E-state index < -0.39 is 31.5 Å². The van der Waals surface area contributed by atoms with Gasteiger partial charge in [0.25, 0.3) is 0 Å². The summed E-state index contributed by atoms with van der Waals surface area (Å²) in [5, 5.41) is 8.65. The molecule has 0 aromatic carbocycles. The second-order valence-corrected chi connectivity index (χ2v) is 8.08. The Morgan fingerprint density at radius 3 is 2.42 bits per heavy atom. The van der Waals surface area contributed by atoms with Gasteiger partial charge < -0.3 is 19.3 Å². The van der Waals surface area contributed by atoms with Crippen molar-refractivity contribution in [2.24, 2.45) is 16.7 Å². The number of esters is 3. The van der Waals surface area contributed by atoms with E-state index in [0.29, 0.717) is 6.42 Å². The Bertz CT molecular complexity index is 526. The molecule has 1 N–H and O–H groups in total. The van der Waals surface area contributed by atoms with E-state index in [9.17, 15) is 14.4 Å². The van der Waals surface area contributed by atoms with Crippen molar-refractivity contribution in [3.8, 4) is 0 Å². The zero-order valence-corrected chi connectivity index (χ0v) is 15.9. The summed E-state index contributed by atoms with van der Waals surface area (Å²) in [6.07, 6.45) is 4.74. The second-order valence-electron chi connectivity index (χ2n) is 8.08. The van der Waals surface area contributed by atoms with Gasteiger partial charge in [0.05, 0.1) is 0 Å². The molecule has 0 aromatic heterocycles. The summed E-state index contributed by atoms with van der Waals surface area (Å²) in [6, 6.07) is 0. The highest BCUT2D eigenvalue weighted by Gasteiger charge is 2.41. The lowest BCUT2D eigenvalue weighted by Crippen LogP contribution is -2.37. The summed E-state index contributed by atoms with van der Waals surface area (Å²) in [6.45, 7) is 8.67. The normalized spacial score (nSPS) is 24.4. The van der Waals surface area contributed by atoms with Crippen LogP contribution in [-0.2, 0) is 28.6 Å². The topological polar surface area (TPSA) is 99.1 Å². The van der Waals surface area contributed by atoms with Gasteiger partial charge in [-0.2, -0.15) is 0 Å². The van der Waals surface area contributed by atoms with E-state index in [1.807, 2.05) is 0 Å². The molecular formula is C19H30O7. The monoisotopic (exact) mass is 370 g/mol. The molecule has 0 aromatic rings. The molecule has 148 valence electrons. The predicted octanol–water partition coefficient (Wildman–Crippen LogP) is 2.71. The second kappa shape index (κ2) is 9.71. The van der Waals surface area contributed by atoms with E-state index in [2.05, 4.69) is 36.8 Å². The molecule has 1 saturated carbocycles. The van der Waals surface area contributed by atoms with Crippen LogP contribution in [0.5, 0.6) is 0 Å². The Hall–Kier alpha value is -1.89. The van der Waals surface area contributed by atoms with Gasteiger partial charge in [0.2, 0.25) is 6.79 Å². The maximum atomic E-state index is 12.0. The highest BCUT2D eigenvalue weighted by molar-refractivity contribution is 5.81. The van der Waals surface area contributed by atoms with Crippen molar-refractivity contribution in [3.63, 3.8) is 0 Å². The highest BCUT2D eigenvalue weighted by Crippen LogP contribution is 2.51. The number of hydrogen-bond acceptors (Lipinski definition) is 7. The number of ether oxygens (including phenoxy) is 3. The summed E-state index contributed by atoms with van der Waals surface area (Å²) in [4.78, 5) is 34.5. The Balaban J connectivity index is 2.57. The van der Waals surface area contributed by atoms with Crippen molar-refractivity contribution in [2.75, 3.05) is 13.6 Å². The maximum absolute atomic E-state index is 12.0. The largest absolute Gasteiger partial charge is 0.439 e. The Morgan fingerprint density at radius 2 is 1.81 bits per heavy atom. The predicted molar refractivity (Wildman–Crippen MR) is 93.5 cm³/mol. The minimum Gasteiger partial charge on any atom is -0.439 e. The van der Waals surface area contributed by atoms with Gasteiger partial charge in [-0.05, 0) is 42.4 Å². The lowest BCUT2D eigenvalue weighted by atomic mass is 9.59. The molecule has 26 heavy (non-hydrogen) atoms. The van der Waals surface area contributed by atoms with E-state index >= 15 is 0 Å². The van der Waals surface area contributed by atoms with Gasteiger partial charge in [0.1, 0.15) is 0 Å². The lowest BCUT2D eigenvalue weighted by Gasteiger charge is -2.46. The highest BCUT2D eigenvalue weighted by atomic mass is 16.7. The van der Waals surface area contributed by atoms with Crippen LogP contribution in [0.25, 0.3) is 0 Å². The van der Waals surface area contributed by atoms with Crippen LogP contribution in [0.15, 0.2) is 12.7 Å². The Labute approximate surface area is 154 Å². The standard InChI is InChI=1S/C19H30O7/c1-5-15(21)25-13-26-17(23)8-14-9-18(2,3)11-19(4,10-14)7-6-16(22)24-12-20/h5,14,20H,1,6-13H2,2-4H3. The fourth-order valence-corrected chi connectivity index (χ4v) is 4.24. The smallest absolute Gasteiger partial charge is 0.333 e. The van der Waals surface area contributed by atoms with Crippen molar-refractivity contribution in [1.29, 1.82) is 0 Å². The van der Waals surface area contributed by atoms with E-state index in [1.165, 1.54) is 0 Å². The van der Waals surface area contributed by atoms with Crippen LogP contribution in [-0.4, -0.2) is 36.6 Å². The van der Waals surface area contributed by atoms with E-state index in [0.717, 1.165) is 25.3 Å². The molecule has 7 heteroatoms. The summed E-state index contributed by atoms with van der Waals surface area (Å²) < 4.78 is 14.2. The van der Waals surface area contributed by atoms with Crippen LogP contribution in [0, 0.1) is 16.7 Å². The molecule has 1 fully saturated rings. The van der Waals surface area contributed by atoms with Crippen molar-refractivity contribution >= 4 is 17.9 Å². The first kappa shape index (κ1) is 22.2. The lowest BCUT2D eigenvalue weighted by molar-refractivity contribution is -0.165. The van der Waals surface area contributed by atoms with Crippen LogP contribution >= 0.6 is 0 Å². The van der Waals surface area contributed by atoms with Crippen molar-refractivity contribution in [1.82, 2.24) is 0 Å². The van der Waals surface area contributed by atoms with Crippen LogP contribution in [0.4, 0.5) is 0 Å². The number of carbonyl (C=O) groups excluding carboxylic acids is 3. The van der Waals surface area contributed by atoms with Gasteiger partial charge in [0, 0.05) is 18.9 Å². The molecule has 0 aliphatic heterocycles. The maximum Gasteiger partial charge on any atom is 0.333 e. The molecule has 2 atom stereocenters. The summed E-state index contributed by atoms with van der Waals surface area (Å²) >= 11 is 0. The summed E-state index contributed by atoms with van der Waals surface area (Å²) in [7, 11) is 0. The third-order valence-corrected chi connectivity index (χ3v) is 4.73. The van der Waals surface area contributed by atoms with Gasteiger partial charge in [0.15, 0.2) is 6.79 Å². The molecule has 0 amide bonds. The minimum atomic E-state index is -0.640. The van der Waals surface area contributed by atoms with Gasteiger partial charge in [-0.1, -0.05) is 27.4 Å². The molecule has 0 heterocycles. The van der Waals surface area contributed by atoms with Gasteiger partial charge in [-0.3, -0.25) is 9.59 Å². The average molecular weight is 370 g/mol. The third kappa shape index (κ3) is 7.99. The number of hydrogen-bond donors (Lipinski definition) is 1. The molecule has 2 unspecified atom stereocenters. The van der Waals surface area contributed by atoms with Crippen molar-refractivity contribution < 1.29 is 33.7 Å². The molecule has 0 spiro atoms. The summed E-state index contributed by atoms with van der Waals surface area (Å²) in [5.74, 6) is -1.34. The Kier molecular flexibility index (Phi) is 8.27. The van der Waals surface area contributed by atoms with Crippen LogP contribution in [0.3, 0.4) is 0 Å². The molecule has 7 nitrogen and oxygen atoms in total. The molecule has 1 aliphatic carbocycles. The molecular weight excluding hydrogens is 340 g/mol. The minimum absolute atomic E-state index is 0.0358. The molecule has 1 aliphatic rings. The van der Waals surface area contributed by atoms with E-state index in [-0.39, 0.29) is 29.6 Å². The number of aliphatic hydroxyl groups excluding tert-OH is 1. The average Bonchev–Trinajstić information content (AvgIpc) is 2.51. The number of aliphatic hydroxyl groups is 1. The molecule has 0 radical (unpaired) electrons. The Morgan fingerprint density at radius 1 is 1.12 bits per heavy atom. The number of rotatable bonds is 9. The van der Waals surface area contributed by atoms with Crippen LogP contribution in [0.1, 0.15) is 59.3 Å². The first-order valence-electron chi connectivity index (χ1n) is 8.80. The van der Waals surface area contributed by atoms with Gasteiger partial charge in [-0.25, -0.2) is 4.79 Å². The zero-order valence-electron chi connectivity index (χ0n) is 15.9. The summed E-state index contributed by atoms with van der Waals surface area (Å²) in [5.41, 5.74) is -0.0649. The first-order valence-corrected chi connectivity index (χ1v) is 8.80. The van der Waals surface area contributed by atoms with Crippen molar-refractivity contribution in [3.05, 3.63) is 12.7 Å². The number of carbonyl (C=O) groups is 3. The molecule has 1 rings (SSSR count). The quantitative estimate of drug-likeness (QED) is 0.378. The molecule has 0 saturated heterocycles. The van der Waals surface area contributed by atoms with E-state index in [4.69, 9.17) is 9.84 Å². The zero-order chi connectivity index (χ0) is 19.8. The van der Waals surface area contributed by atoms with Crippen LogP contribution in [0.2, 0.25) is 0 Å². The SMILES string of the molecule is C=CC(=O)OCOC(=O)CC1CC(C)(C)CC(C)(CCC(=O)OCO)C1. The van der Waals surface area contributed by atoms with Gasteiger partial charge in [-0.15, -0.1) is 0 Å². The first-order chi connectivity index (χ1) is 12.1. The fourth-order valence-electron chi connectivity index (χ4n) is 4.24. The van der Waals surface area contributed by atoms with E-state index in [1.54, 1.807) is 0 Å². The third-order valence-electron chi connectivity index (χ3n) is 4.73.